The summed E-state index contributed by atoms with van der Waals surface area (Å²) < 4.78 is 5.65. The second kappa shape index (κ2) is 6.68. The van der Waals surface area contributed by atoms with E-state index >= 15 is 0 Å². The largest absolute Gasteiger partial charge is 0.487 e. The summed E-state index contributed by atoms with van der Waals surface area (Å²) in [6, 6.07) is 11.8. The van der Waals surface area contributed by atoms with Crippen LogP contribution in [0, 0.1) is 11.8 Å². The number of ether oxygens (including phenoxy) is 1. The second-order valence-corrected chi connectivity index (χ2v) is 3.89. The number of pyridine rings is 1. The third kappa shape index (κ3) is 3.80. The molecular weight excluding hydrogens is 246 g/mol. The van der Waals surface area contributed by atoms with Gasteiger partial charge >= 0.3 is 0 Å². The van der Waals surface area contributed by atoms with Crippen molar-refractivity contribution in [3.05, 3.63) is 59.9 Å². The van der Waals surface area contributed by atoms with E-state index in [-0.39, 0.29) is 0 Å². The molecule has 1 aromatic heterocycles. The van der Waals surface area contributed by atoms with Gasteiger partial charge in [-0.15, -0.1) is 11.6 Å². The van der Waals surface area contributed by atoms with Crippen molar-refractivity contribution >= 4 is 11.6 Å². The average Bonchev–Trinajstić information content (AvgIpc) is 2.44. The molecule has 0 unspecified atom stereocenters. The molecule has 3 heteroatoms. The van der Waals surface area contributed by atoms with Crippen LogP contribution in [0.15, 0.2) is 48.8 Å². The minimum Gasteiger partial charge on any atom is -0.487 e. The molecule has 0 saturated heterocycles. The van der Waals surface area contributed by atoms with Gasteiger partial charge in [0.25, 0.3) is 0 Å². The Balaban J connectivity index is 2.01. The number of hydrogen-bond acceptors (Lipinski definition) is 2. The van der Waals surface area contributed by atoms with Crippen LogP contribution in [-0.4, -0.2) is 10.9 Å². The van der Waals surface area contributed by atoms with Gasteiger partial charge in [0, 0.05) is 11.8 Å². The fourth-order valence-electron chi connectivity index (χ4n) is 1.44. The topological polar surface area (TPSA) is 22.1 Å². The third-order valence-electron chi connectivity index (χ3n) is 2.26. The van der Waals surface area contributed by atoms with Gasteiger partial charge in [-0.2, -0.15) is 0 Å². The van der Waals surface area contributed by atoms with Crippen LogP contribution in [0.25, 0.3) is 0 Å². The Morgan fingerprint density at radius 3 is 2.78 bits per heavy atom. The maximum atomic E-state index is 5.65. The Morgan fingerprint density at radius 1 is 1.17 bits per heavy atom. The van der Waals surface area contributed by atoms with E-state index in [1.165, 1.54) is 0 Å². The molecule has 0 saturated carbocycles. The van der Waals surface area contributed by atoms with Gasteiger partial charge in [-0.1, -0.05) is 42.2 Å². The quantitative estimate of drug-likeness (QED) is 0.622. The van der Waals surface area contributed by atoms with E-state index in [4.69, 9.17) is 16.3 Å². The molecule has 90 valence electrons. The number of halogens is 1. The minimum absolute atomic E-state index is 0.315. The molecule has 1 aromatic carbocycles. The zero-order valence-electron chi connectivity index (χ0n) is 9.77. The Bertz CT molecular complexity index is 557. The summed E-state index contributed by atoms with van der Waals surface area (Å²) in [5.41, 5.74) is 1.93. The smallest absolute Gasteiger partial charge is 0.139 e. The molecule has 0 aliphatic carbocycles. The van der Waals surface area contributed by atoms with E-state index in [1.54, 1.807) is 12.4 Å². The van der Waals surface area contributed by atoms with Crippen LogP contribution in [-0.2, 0) is 6.61 Å². The summed E-state index contributed by atoms with van der Waals surface area (Å²) in [7, 11) is 0. The highest BCUT2D eigenvalue weighted by Gasteiger charge is 1.97. The van der Waals surface area contributed by atoms with Crippen molar-refractivity contribution in [2.75, 3.05) is 5.88 Å². The third-order valence-corrected chi connectivity index (χ3v) is 2.39. The fraction of sp³-hybridized carbons (Fsp3) is 0.133. The molecule has 0 bridgehead atoms. The number of hydrogen-bond donors (Lipinski definition) is 0. The first-order valence-corrected chi connectivity index (χ1v) is 6.08. The highest BCUT2D eigenvalue weighted by atomic mass is 35.5. The Labute approximate surface area is 112 Å². The highest BCUT2D eigenvalue weighted by molar-refractivity contribution is 6.19. The van der Waals surface area contributed by atoms with Gasteiger partial charge in [0.1, 0.15) is 12.4 Å². The highest BCUT2D eigenvalue weighted by Crippen LogP contribution is 2.12. The van der Waals surface area contributed by atoms with Crippen LogP contribution in [0.4, 0.5) is 0 Å². The van der Waals surface area contributed by atoms with Crippen molar-refractivity contribution in [3.8, 4) is 17.6 Å². The van der Waals surface area contributed by atoms with E-state index in [0.717, 1.165) is 11.1 Å². The second-order valence-electron chi connectivity index (χ2n) is 3.62. The summed E-state index contributed by atoms with van der Waals surface area (Å²) in [5, 5.41) is 0. The molecule has 2 nitrogen and oxygen atoms in total. The van der Waals surface area contributed by atoms with Crippen molar-refractivity contribution in [2.24, 2.45) is 0 Å². The summed E-state index contributed by atoms with van der Waals surface area (Å²) in [5.74, 6) is 6.72. The number of alkyl halides is 1. The van der Waals surface area contributed by atoms with Crippen LogP contribution in [0.2, 0.25) is 0 Å². The molecule has 0 aliphatic heterocycles. The molecule has 2 aromatic rings. The first-order valence-electron chi connectivity index (χ1n) is 5.55. The molecule has 0 fully saturated rings. The zero-order valence-corrected chi connectivity index (χ0v) is 10.5. The van der Waals surface area contributed by atoms with Crippen molar-refractivity contribution in [1.29, 1.82) is 0 Å². The molecule has 2 rings (SSSR count). The van der Waals surface area contributed by atoms with Gasteiger partial charge in [-0.25, -0.2) is 0 Å². The predicted molar refractivity (Wildman–Crippen MR) is 72.6 cm³/mol. The molecule has 18 heavy (non-hydrogen) atoms. The lowest BCUT2D eigenvalue weighted by atomic mass is 10.2. The number of benzene rings is 1. The minimum atomic E-state index is 0.315. The Kier molecular flexibility index (Phi) is 4.63. The van der Waals surface area contributed by atoms with Crippen LogP contribution in [0.3, 0.4) is 0 Å². The lowest BCUT2D eigenvalue weighted by molar-refractivity contribution is 0.305. The first-order chi connectivity index (χ1) is 8.88. The lowest BCUT2D eigenvalue weighted by Crippen LogP contribution is -1.95. The van der Waals surface area contributed by atoms with Crippen LogP contribution < -0.4 is 4.74 Å². The maximum absolute atomic E-state index is 5.65. The van der Waals surface area contributed by atoms with Crippen molar-refractivity contribution in [2.45, 2.75) is 6.61 Å². The fourth-order valence-corrected chi connectivity index (χ4v) is 1.51. The number of rotatable bonds is 3. The molecule has 0 spiro atoms. The van der Waals surface area contributed by atoms with E-state index in [0.29, 0.717) is 18.2 Å². The predicted octanol–water partition coefficient (Wildman–Crippen LogP) is 3.25. The number of nitrogens with zero attached hydrogens (tertiary/aromatic N) is 1. The van der Waals surface area contributed by atoms with E-state index in [9.17, 15) is 0 Å². The molecule has 0 amide bonds. The SMILES string of the molecule is ClCC#Cc1cncc(OCc2ccccc2)c1. The lowest BCUT2D eigenvalue weighted by Gasteiger charge is -2.05. The molecule has 0 radical (unpaired) electrons. The molecule has 0 atom stereocenters. The zero-order chi connectivity index (χ0) is 12.6. The van der Waals surface area contributed by atoms with Gasteiger partial charge in [0.05, 0.1) is 12.1 Å². The Hall–Kier alpha value is -1.98. The van der Waals surface area contributed by atoms with E-state index < -0.39 is 0 Å². The molecule has 0 aliphatic rings. The van der Waals surface area contributed by atoms with E-state index in [2.05, 4.69) is 16.8 Å². The van der Waals surface area contributed by atoms with Crippen molar-refractivity contribution in [3.63, 3.8) is 0 Å². The maximum Gasteiger partial charge on any atom is 0.139 e. The normalized spacial score (nSPS) is 9.39. The summed E-state index contributed by atoms with van der Waals surface area (Å²) in [4.78, 5) is 4.08. The van der Waals surface area contributed by atoms with Gasteiger partial charge in [-0.05, 0) is 11.6 Å². The van der Waals surface area contributed by atoms with Crippen LogP contribution in [0.1, 0.15) is 11.1 Å². The Morgan fingerprint density at radius 2 is 2.00 bits per heavy atom. The first kappa shape index (κ1) is 12.5. The van der Waals surface area contributed by atoms with Crippen molar-refractivity contribution in [1.82, 2.24) is 4.98 Å². The van der Waals surface area contributed by atoms with Crippen LogP contribution in [0.5, 0.6) is 5.75 Å². The monoisotopic (exact) mass is 257 g/mol. The van der Waals surface area contributed by atoms with Crippen molar-refractivity contribution < 1.29 is 4.74 Å². The molecule has 0 N–H and O–H groups in total. The van der Waals surface area contributed by atoms with Gasteiger partial charge in [0.15, 0.2) is 0 Å². The van der Waals surface area contributed by atoms with E-state index in [1.807, 2.05) is 36.4 Å². The summed E-state index contributed by atoms with van der Waals surface area (Å²) >= 11 is 5.51. The standard InChI is InChI=1S/C15H12ClNO/c16-8-4-7-14-9-15(11-17-10-14)18-12-13-5-2-1-3-6-13/h1-3,5-6,9-11H,8,12H2. The average molecular weight is 258 g/mol. The molecular formula is C15H12ClNO. The molecule has 1 heterocycles. The van der Waals surface area contributed by atoms with Crippen LogP contribution >= 0.6 is 11.6 Å². The van der Waals surface area contributed by atoms with Gasteiger partial charge < -0.3 is 4.74 Å². The number of aromatic nitrogens is 1. The summed E-state index contributed by atoms with van der Waals surface area (Å²) in [6.45, 7) is 0.523. The summed E-state index contributed by atoms with van der Waals surface area (Å²) in [6.07, 6.45) is 3.36. The van der Waals surface area contributed by atoms with Gasteiger partial charge in [-0.3, -0.25) is 4.98 Å². The van der Waals surface area contributed by atoms with Gasteiger partial charge in [0.2, 0.25) is 0 Å².